The van der Waals surface area contributed by atoms with Crippen molar-refractivity contribution in [1.29, 1.82) is 0 Å². The second-order valence-corrected chi connectivity index (χ2v) is 13.1. The van der Waals surface area contributed by atoms with Gasteiger partial charge in [0, 0.05) is 0 Å². The maximum Gasteiger partial charge on any atom is 0.156 e. The SMILES string of the molecule is C=C[Si](C=C)(C=C)c1cccc2c([Si](C=C)(C=C)C=C)cccc12. The highest BCUT2D eigenvalue weighted by Crippen LogP contribution is 2.20. The van der Waals surface area contributed by atoms with Crippen LogP contribution in [0.4, 0.5) is 0 Å². The molecule has 0 spiro atoms. The fraction of sp³-hybridized carbons (Fsp3) is 0. The highest BCUT2D eigenvalue weighted by atomic mass is 28.3. The zero-order valence-electron chi connectivity index (χ0n) is 14.2. The van der Waals surface area contributed by atoms with Gasteiger partial charge in [-0.15, -0.1) is 39.5 Å². The second kappa shape index (κ2) is 6.99. The molecule has 0 aromatic heterocycles. The smallest absolute Gasteiger partial charge is 0.106 e. The van der Waals surface area contributed by atoms with E-state index >= 15 is 0 Å². The van der Waals surface area contributed by atoms with Crippen LogP contribution < -0.4 is 10.4 Å². The fourth-order valence-electron chi connectivity index (χ4n) is 3.22. The molecule has 0 heterocycles. The topological polar surface area (TPSA) is 0 Å². The highest BCUT2D eigenvalue weighted by molar-refractivity contribution is 7.06. The molecule has 2 aromatic rings. The van der Waals surface area contributed by atoms with Crippen molar-refractivity contribution in [1.82, 2.24) is 0 Å². The van der Waals surface area contributed by atoms with Crippen molar-refractivity contribution in [2.24, 2.45) is 0 Å². The zero-order chi connectivity index (χ0) is 17.8. The zero-order valence-corrected chi connectivity index (χ0v) is 16.2. The molecule has 0 amide bonds. The summed E-state index contributed by atoms with van der Waals surface area (Å²) in [6.07, 6.45) is 0. The Morgan fingerprint density at radius 2 is 0.792 bits per heavy atom. The largest absolute Gasteiger partial charge is 0.156 e. The molecule has 0 aliphatic heterocycles. The minimum atomic E-state index is -2.14. The summed E-state index contributed by atoms with van der Waals surface area (Å²) in [5, 5.41) is 4.98. The molecule has 0 N–H and O–H groups in total. The first-order valence-corrected chi connectivity index (χ1v) is 12.4. The molecule has 0 saturated heterocycles. The lowest BCUT2D eigenvalue weighted by atomic mass is 10.1. The van der Waals surface area contributed by atoms with Gasteiger partial charge in [0.2, 0.25) is 0 Å². The molecule has 0 aliphatic rings. The van der Waals surface area contributed by atoms with Gasteiger partial charge in [-0.25, -0.2) is 0 Å². The summed E-state index contributed by atoms with van der Waals surface area (Å²) in [5.41, 5.74) is 12.1. The van der Waals surface area contributed by atoms with Gasteiger partial charge in [0.15, 0.2) is 16.1 Å². The van der Waals surface area contributed by atoms with Gasteiger partial charge >= 0.3 is 0 Å². The molecule has 0 nitrogen and oxygen atoms in total. The molecule has 2 rings (SSSR count). The van der Waals surface area contributed by atoms with Gasteiger partial charge in [0.05, 0.1) is 0 Å². The molecule has 0 fully saturated rings. The Kier molecular flexibility index (Phi) is 5.22. The van der Waals surface area contributed by atoms with Gasteiger partial charge in [-0.1, -0.05) is 70.6 Å². The van der Waals surface area contributed by atoms with Gasteiger partial charge < -0.3 is 0 Å². The maximum atomic E-state index is 4.06. The van der Waals surface area contributed by atoms with E-state index < -0.39 is 16.1 Å². The summed E-state index contributed by atoms with van der Waals surface area (Å²) in [6.45, 7) is 24.3. The summed E-state index contributed by atoms with van der Waals surface area (Å²) in [4.78, 5) is 0. The lowest BCUT2D eigenvalue weighted by molar-refractivity contribution is 1.78. The average Bonchev–Trinajstić information content (AvgIpc) is 2.66. The molecule has 0 saturated carbocycles. The van der Waals surface area contributed by atoms with Crippen molar-refractivity contribution in [3.05, 3.63) is 110 Å². The number of hydrogen-bond acceptors (Lipinski definition) is 0. The van der Waals surface area contributed by atoms with Crippen LogP contribution in [-0.2, 0) is 0 Å². The Morgan fingerprint density at radius 1 is 0.500 bits per heavy atom. The standard InChI is InChI=1S/C22H24Si2/c1-7-23(8-2,9-3)21-17-13-16-20-19(21)15-14-18-22(20)24(10-4,11-5)12-6/h7-18H,1-6H2. The monoisotopic (exact) mass is 344 g/mol. The maximum absolute atomic E-state index is 4.06. The van der Waals surface area contributed by atoms with E-state index in [9.17, 15) is 0 Å². The van der Waals surface area contributed by atoms with Gasteiger partial charge in [0.1, 0.15) is 0 Å². The number of fused-ring (bicyclic) bond motifs is 1. The Labute approximate surface area is 147 Å². The lowest BCUT2D eigenvalue weighted by Crippen LogP contribution is -2.46. The van der Waals surface area contributed by atoms with Crippen molar-refractivity contribution in [2.45, 2.75) is 0 Å². The van der Waals surface area contributed by atoms with Crippen LogP contribution >= 0.6 is 0 Å². The van der Waals surface area contributed by atoms with Crippen LogP contribution in [0, 0.1) is 0 Å². The normalized spacial score (nSPS) is 11.5. The predicted molar refractivity (Wildman–Crippen MR) is 116 cm³/mol. The number of rotatable bonds is 8. The minimum Gasteiger partial charge on any atom is -0.106 e. The summed E-state index contributed by atoms with van der Waals surface area (Å²) in [6, 6.07) is 12.9. The third kappa shape index (κ3) is 2.54. The molecule has 0 unspecified atom stereocenters. The molecule has 0 radical (unpaired) electrons. The third-order valence-corrected chi connectivity index (χ3v) is 11.7. The first-order chi connectivity index (χ1) is 11.6. The van der Waals surface area contributed by atoms with Gasteiger partial charge in [-0.2, -0.15) is 0 Å². The molecular formula is C22H24Si2. The van der Waals surface area contributed by atoms with Crippen LogP contribution in [0.2, 0.25) is 0 Å². The first kappa shape index (κ1) is 17.9. The Bertz CT molecular complexity index is 727. The van der Waals surface area contributed by atoms with Gasteiger partial charge in [-0.3, -0.25) is 0 Å². The first-order valence-electron chi connectivity index (χ1n) is 7.92. The van der Waals surface area contributed by atoms with Crippen LogP contribution in [-0.4, -0.2) is 16.1 Å². The Hall–Kier alpha value is -2.43. The molecule has 0 aliphatic carbocycles. The van der Waals surface area contributed by atoms with E-state index in [0.717, 1.165) is 0 Å². The van der Waals surface area contributed by atoms with Crippen LogP contribution in [0.1, 0.15) is 0 Å². The summed E-state index contributed by atoms with van der Waals surface area (Å²) in [7, 11) is -4.28. The van der Waals surface area contributed by atoms with Crippen molar-refractivity contribution in [2.75, 3.05) is 0 Å². The Morgan fingerprint density at radius 3 is 1.04 bits per heavy atom. The molecule has 2 aromatic carbocycles. The second-order valence-electron chi connectivity index (χ2n) is 5.80. The van der Waals surface area contributed by atoms with E-state index in [1.165, 1.54) is 21.1 Å². The van der Waals surface area contributed by atoms with Crippen LogP contribution in [0.15, 0.2) is 110 Å². The molecule has 120 valence electrons. The van der Waals surface area contributed by atoms with Crippen molar-refractivity contribution >= 4 is 37.3 Å². The quantitative estimate of drug-likeness (QED) is 0.618. The minimum absolute atomic E-state index is 1.23. The van der Waals surface area contributed by atoms with Gasteiger partial charge in [-0.05, 0) is 21.1 Å². The van der Waals surface area contributed by atoms with E-state index in [2.05, 4.69) is 75.9 Å². The van der Waals surface area contributed by atoms with E-state index in [0.29, 0.717) is 0 Å². The average molecular weight is 345 g/mol. The highest BCUT2D eigenvalue weighted by Gasteiger charge is 2.30. The van der Waals surface area contributed by atoms with Crippen LogP contribution in [0.5, 0.6) is 0 Å². The van der Waals surface area contributed by atoms with E-state index in [4.69, 9.17) is 0 Å². The van der Waals surface area contributed by atoms with E-state index in [1.807, 2.05) is 34.2 Å². The molecule has 2 heteroatoms. The summed E-state index contributed by atoms with van der Waals surface area (Å²) >= 11 is 0. The fourth-order valence-corrected chi connectivity index (χ4v) is 7.68. The number of hydrogen-bond donors (Lipinski definition) is 0. The third-order valence-electron chi connectivity index (χ3n) is 4.88. The van der Waals surface area contributed by atoms with E-state index in [-0.39, 0.29) is 0 Å². The predicted octanol–water partition coefficient (Wildman–Crippen LogP) is 4.50. The summed E-state index contributed by atoms with van der Waals surface area (Å²) < 4.78 is 0. The molecular weight excluding hydrogens is 320 g/mol. The van der Waals surface area contributed by atoms with Gasteiger partial charge in [0.25, 0.3) is 0 Å². The lowest BCUT2D eigenvalue weighted by Gasteiger charge is -2.26. The Balaban J connectivity index is 2.95. The van der Waals surface area contributed by atoms with Crippen LogP contribution in [0.25, 0.3) is 10.8 Å². The van der Waals surface area contributed by atoms with Crippen molar-refractivity contribution < 1.29 is 0 Å². The van der Waals surface area contributed by atoms with Crippen LogP contribution in [0.3, 0.4) is 0 Å². The van der Waals surface area contributed by atoms with E-state index in [1.54, 1.807) is 0 Å². The number of benzene rings is 2. The molecule has 24 heavy (non-hydrogen) atoms. The summed E-state index contributed by atoms with van der Waals surface area (Å²) in [5.74, 6) is 0. The molecule has 0 bridgehead atoms. The molecule has 0 atom stereocenters. The van der Waals surface area contributed by atoms with Crippen molar-refractivity contribution in [3.8, 4) is 0 Å². The van der Waals surface area contributed by atoms with Crippen molar-refractivity contribution in [3.63, 3.8) is 0 Å².